The number of rotatable bonds is 13. The van der Waals surface area contributed by atoms with Gasteiger partial charge in [0.25, 0.3) is 0 Å². The lowest BCUT2D eigenvalue weighted by atomic mass is 10.0. The Morgan fingerprint density at radius 2 is 1.66 bits per heavy atom. The normalized spacial score (nSPS) is 14.7. The predicted octanol–water partition coefficient (Wildman–Crippen LogP) is -2.24. The van der Waals surface area contributed by atoms with Gasteiger partial charge < -0.3 is 37.5 Å². The third-order valence-electron chi connectivity index (χ3n) is 4.57. The summed E-state index contributed by atoms with van der Waals surface area (Å²) in [6.45, 7) is 4.84. The first kappa shape index (κ1) is 26.6. The third-order valence-corrected chi connectivity index (χ3v) is 4.57. The highest BCUT2D eigenvalue weighted by Gasteiger charge is 2.31. The number of nitrogens with one attached hydrogen (secondary N) is 4. The minimum absolute atomic E-state index is 0.0728. The van der Waals surface area contributed by atoms with Crippen molar-refractivity contribution < 1.29 is 29.1 Å². The number of primary amides is 1. The molecule has 1 aromatic heterocycles. The highest BCUT2D eigenvalue weighted by molar-refractivity contribution is 5.94. The average molecular weight is 454 g/mol. The SMILES string of the molecule is CC(N)C(=O)NC(C(=O)NC(CCC(N)=O)C(=O)NC(Cc1cnc[nH]1)C(=O)O)C(C)C. The maximum atomic E-state index is 12.8. The Labute approximate surface area is 185 Å². The van der Waals surface area contributed by atoms with Crippen molar-refractivity contribution >= 4 is 29.6 Å². The number of hydrogen-bond acceptors (Lipinski definition) is 7. The highest BCUT2D eigenvalue weighted by atomic mass is 16.4. The largest absolute Gasteiger partial charge is 0.480 e. The molecule has 4 amide bonds. The Morgan fingerprint density at radius 3 is 2.12 bits per heavy atom. The van der Waals surface area contributed by atoms with Gasteiger partial charge in [-0.15, -0.1) is 0 Å². The molecular formula is C19H31N7O6. The fraction of sp³-hybridized carbons (Fsp3) is 0.579. The van der Waals surface area contributed by atoms with Crippen LogP contribution in [0.2, 0.25) is 0 Å². The van der Waals surface area contributed by atoms with Crippen molar-refractivity contribution in [2.45, 2.75) is 64.2 Å². The van der Waals surface area contributed by atoms with Crippen LogP contribution in [0.3, 0.4) is 0 Å². The molecule has 4 atom stereocenters. The van der Waals surface area contributed by atoms with Crippen LogP contribution in [0.4, 0.5) is 0 Å². The highest BCUT2D eigenvalue weighted by Crippen LogP contribution is 2.07. The number of amides is 4. The summed E-state index contributed by atoms with van der Waals surface area (Å²) >= 11 is 0. The number of carbonyl (C=O) groups excluding carboxylic acids is 4. The number of H-pyrrole nitrogens is 1. The van der Waals surface area contributed by atoms with E-state index in [9.17, 15) is 29.1 Å². The van der Waals surface area contributed by atoms with Crippen molar-refractivity contribution in [2.24, 2.45) is 17.4 Å². The monoisotopic (exact) mass is 453 g/mol. The summed E-state index contributed by atoms with van der Waals surface area (Å²) in [4.78, 5) is 66.9. The van der Waals surface area contributed by atoms with E-state index < -0.39 is 53.8 Å². The second-order valence-electron chi connectivity index (χ2n) is 7.77. The van der Waals surface area contributed by atoms with Crippen molar-refractivity contribution in [3.8, 4) is 0 Å². The van der Waals surface area contributed by atoms with Gasteiger partial charge >= 0.3 is 5.97 Å². The summed E-state index contributed by atoms with van der Waals surface area (Å²) in [6.07, 6.45) is 2.33. The second-order valence-corrected chi connectivity index (χ2v) is 7.77. The van der Waals surface area contributed by atoms with Gasteiger partial charge in [-0.25, -0.2) is 9.78 Å². The Balaban J connectivity index is 2.97. The third kappa shape index (κ3) is 8.71. The van der Waals surface area contributed by atoms with Gasteiger partial charge in [-0.3, -0.25) is 19.2 Å². The molecule has 0 bridgehead atoms. The van der Waals surface area contributed by atoms with Crippen LogP contribution in [0.15, 0.2) is 12.5 Å². The Hall–Kier alpha value is -3.48. The summed E-state index contributed by atoms with van der Waals surface area (Å²) in [6, 6.07) is -4.42. The van der Waals surface area contributed by atoms with Crippen LogP contribution in [-0.4, -0.2) is 68.8 Å². The zero-order valence-corrected chi connectivity index (χ0v) is 18.3. The van der Waals surface area contributed by atoms with E-state index in [2.05, 4.69) is 25.9 Å². The molecule has 1 heterocycles. The lowest BCUT2D eigenvalue weighted by molar-refractivity contribution is -0.142. The Bertz CT molecular complexity index is 809. The van der Waals surface area contributed by atoms with Crippen molar-refractivity contribution in [3.05, 3.63) is 18.2 Å². The lowest BCUT2D eigenvalue weighted by Gasteiger charge is -2.26. The van der Waals surface area contributed by atoms with Gasteiger partial charge in [0.15, 0.2) is 0 Å². The lowest BCUT2D eigenvalue weighted by Crippen LogP contribution is -2.58. The smallest absolute Gasteiger partial charge is 0.326 e. The second kappa shape index (κ2) is 12.4. The average Bonchev–Trinajstić information content (AvgIpc) is 3.20. The fourth-order valence-electron chi connectivity index (χ4n) is 2.73. The van der Waals surface area contributed by atoms with E-state index in [1.165, 1.54) is 19.4 Å². The molecule has 13 nitrogen and oxygen atoms in total. The van der Waals surface area contributed by atoms with Gasteiger partial charge in [-0.05, 0) is 19.3 Å². The van der Waals surface area contributed by atoms with Gasteiger partial charge in [0.05, 0.1) is 12.4 Å². The first-order valence-corrected chi connectivity index (χ1v) is 10.1. The molecule has 0 aromatic carbocycles. The van der Waals surface area contributed by atoms with E-state index in [-0.39, 0.29) is 25.2 Å². The Morgan fingerprint density at radius 1 is 1.03 bits per heavy atom. The zero-order valence-electron chi connectivity index (χ0n) is 18.3. The van der Waals surface area contributed by atoms with E-state index in [0.717, 1.165) is 0 Å². The number of carboxylic acids is 1. The molecule has 13 heteroatoms. The molecule has 9 N–H and O–H groups in total. The minimum Gasteiger partial charge on any atom is -0.480 e. The molecule has 0 aliphatic heterocycles. The molecule has 0 saturated carbocycles. The number of nitrogens with zero attached hydrogens (tertiary/aromatic N) is 1. The summed E-state index contributed by atoms with van der Waals surface area (Å²) < 4.78 is 0. The molecular weight excluding hydrogens is 422 g/mol. The van der Waals surface area contributed by atoms with E-state index in [4.69, 9.17) is 11.5 Å². The predicted molar refractivity (Wildman–Crippen MR) is 113 cm³/mol. The van der Waals surface area contributed by atoms with E-state index >= 15 is 0 Å². The van der Waals surface area contributed by atoms with E-state index in [1.54, 1.807) is 13.8 Å². The number of aliphatic carboxylic acids is 1. The van der Waals surface area contributed by atoms with Gasteiger partial charge in [-0.2, -0.15) is 0 Å². The van der Waals surface area contributed by atoms with Crippen LogP contribution in [-0.2, 0) is 30.4 Å². The molecule has 1 rings (SSSR count). The number of carboxylic acid groups (broad SMARTS) is 1. The van der Waals surface area contributed by atoms with Crippen molar-refractivity contribution in [3.63, 3.8) is 0 Å². The molecule has 1 aromatic rings. The van der Waals surface area contributed by atoms with Gasteiger partial charge in [0.1, 0.15) is 18.1 Å². The maximum Gasteiger partial charge on any atom is 0.326 e. The van der Waals surface area contributed by atoms with Crippen LogP contribution < -0.4 is 27.4 Å². The fourth-order valence-corrected chi connectivity index (χ4v) is 2.73. The first-order valence-electron chi connectivity index (χ1n) is 10.1. The number of hydrogen-bond donors (Lipinski definition) is 7. The van der Waals surface area contributed by atoms with Gasteiger partial charge in [0, 0.05) is 24.7 Å². The minimum atomic E-state index is -1.31. The molecule has 178 valence electrons. The van der Waals surface area contributed by atoms with E-state index in [0.29, 0.717) is 5.69 Å². The standard InChI is InChI=1S/C19H31N7O6/c1-9(2)15(26-16(28)10(3)20)18(30)24-12(4-5-14(21)27)17(29)25-13(19(31)32)6-11-7-22-8-23-11/h7-10,12-13,15H,4-6,20H2,1-3H3,(H2,21,27)(H,22,23)(H,24,30)(H,25,29)(H,26,28)(H,31,32). The molecule has 0 saturated heterocycles. The Kier molecular flexibility index (Phi) is 10.3. The van der Waals surface area contributed by atoms with E-state index in [1.807, 2.05) is 0 Å². The zero-order chi connectivity index (χ0) is 24.4. The van der Waals surface area contributed by atoms with Crippen LogP contribution >= 0.6 is 0 Å². The topological polar surface area (TPSA) is 222 Å². The van der Waals surface area contributed by atoms with Crippen LogP contribution in [0.25, 0.3) is 0 Å². The number of aromatic amines is 1. The quantitative estimate of drug-likeness (QED) is 0.172. The molecule has 4 unspecified atom stereocenters. The molecule has 0 aliphatic carbocycles. The summed E-state index contributed by atoms with van der Waals surface area (Å²) in [5.74, 6) is -4.38. The number of imidazole rings is 1. The molecule has 0 spiro atoms. The molecule has 32 heavy (non-hydrogen) atoms. The van der Waals surface area contributed by atoms with Crippen LogP contribution in [0.5, 0.6) is 0 Å². The summed E-state index contributed by atoms with van der Waals surface area (Å²) in [7, 11) is 0. The van der Waals surface area contributed by atoms with Crippen molar-refractivity contribution in [1.29, 1.82) is 0 Å². The molecule has 0 radical (unpaired) electrons. The van der Waals surface area contributed by atoms with Gasteiger partial charge in [-0.1, -0.05) is 13.8 Å². The van der Waals surface area contributed by atoms with Crippen molar-refractivity contribution in [1.82, 2.24) is 25.9 Å². The number of carbonyl (C=O) groups is 5. The summed E-state index contributed by atoms with van der Waals surface area (Å²) in [5, 5.41) is 16.8. The number of nitrogens with two attached hydrogens (primary N) is 2. The van der Waals surface area contributed by atoms with Crippen LogP contribution in [0.1, 0.15) is 39.3 Å². The van der Waals surface area contributed by atoms with Gasteiger partial charge in [0.2, 0.25) is 23.6 Å². The van der Waals surface area contributed by atoms with Crippen molar-refractivity contribution in [2.75, 3.05) is 0 Å². The first-order chi connectivity index (χ1) is 14.9. The summed E-state index contributed by atoms with van der Waals surface area (Å²) in [5.41, 5.74) is 11.2. The maximum absolute atomic E-state index is 12.8. The number of aromatic nitrogens is 2. The van der Waals surface area contributed by atoms with Crippen LogP contribution in [0, 0.1) is 5.92 Å². The molecule has 0 fully saturated rings. The molecule has 0 aliphatic rings.